The third kappa shape index (κ3) is 4.86. The lowest BCUT2D eigenvalue weighted by atomic mass is 9.77. The largest absolute Gasteiger partial charge is 0.478 e. The first-order chi connectivity index (χ1) is 20.0. The number of carboxylic acid groups (broad SMARTS) is 1. The molecule has 0 saturated carbocycles. The van der Waals surface area contributed by atoms with Gasteiger partial charge in [-0.3, -0.25) is 9.36 Å². The fourth-order valence-electron chi connectivity index (χ4n) is 6.47. The molecule has 7 nitrogen and oxygen atoms in total. The summed E-state index contributed by atoms with van der Waals surface area (Å²) in [6.45, 7) is 7.33. The van der Waals surface area contributed by atoms with Crippen molar-refractivity contribution in [2.45, 2.75) is 52.4 Å². The van der Waals surface area contributed by atoms with Crippen LogP contribution in [0.3, 0.4) is 0 Å². The van der Waals surface area contributed by atoms with Crippen molar-refractivity contribution in [2.24, 2.45) is 5.41 Å². The van der Waals surface area contributed by atoms with Crippen molar-refractivity contribution in [2.75, 3.05) is 13.1 Å². The summed E-state index contributed by atoms with van der Waals surface area (Å²) < 4.78 is 7.56. The summed E-state index contributed by atoms with van der Waals surface area (Å²) in [5, 5.41) is 19.7. The molecule has 0 radical (unpaired) electrons. The average molecular weight is 627 g/mol. The second-order valence-electron chi connectivity index (χ2n) is 12.0. The maximum Gasteiger partial charge on any atom is 0.332 e. The summed E-state index contributed by atoms with van der Waals surface area (Å²) in [4.78, 5) is 27.1. The predicted octanol–water partition coefficient (Wildman–Crippen LogP) is 8.24. The Kier molecular flexibility index (Phi) is 7.50. The number of nitrogens with zero attached hydrogens (tertiary/aromatic N) is 2. The van der Waals surface area contributed by atoms with Crippen molar-refractivity contribution >= 4 is 63.2 Å². The van der Waals surface area contributed by atoms with Gasteiger partial charge < -0.3 is 14.9 Å². The van der Waals surface area contributed by atoms with Crippen LogP contribution in [0.2, 0.25) is 15.1 Å². The Bertz CT molecular complexity index is 1770. The Morgan fingerprint density at radius 1 is 1.07 bits per heavy atom. The van der Waals surface area contributed by atoms with Gasteiger partial charge in [-0.2, -0.15) is 0 Å². The molecule has 0 amide bonds. The van der Waals surface area contributed by atoms with E-state index in [4.69, 9.17) is 39.3 Å². The van der Waals surface area contributed by atoms with Crippen LogP contribution in [0, 0.1) is 5.41 Å². The molecular weight excluding hydrogens is 597 g/mol. The summed E-state index contributed by atoms with van der Waals surface area (Å²) in [7, 11) is 0. The van der Waals surface area contributed by atoms with Gasteiger partial charge in [0.2, 0.25) is 0 Å². The van der Waals surface area contributed by atoms with Gasteiger partial charge in [-0.05, 0) is 79.1 Å². The van der Waals surface area contributed by atoms with Crippen LogP contribution >= 0.6 is 34.8 Å². The molecule has 0 unspecified atom stereocenters. The number of carbonyl (C=O) groups excluding carboxylic acids is 1. The van der Waals surface area contributed by atoms with Crippen LogP contribution < -0.4 is 5.32 Å². The zero-order chi connectivity index (χ0) is 29.9. The van der Waals surface area contributed by atoms with E-state index >= 15 is 0 Å². The van der Waals surface area contributed by atoms with E-state index in [1.54, 1.807) is 16.7 Å². The quantitative estimate of drug-likeness (QED) is 0.222. The van der Waals surface area contributed by atoms with Gasteiger partial charge in [0.15, 0.2) is 5.76 Å². The molecule has 1 saturated heterocycles. The first-order valence-corrected chi connectivity index (χ1v) is 15.1. The molecule has 0 atom stereocenters. The Morgan fingerprint density at radius 3 is 2.40 bits per heavy atom. The molecule has 2 aromatic heterocycles. The van der Waals surface area contributed by atoms with Gasteiger partial charge in [-0.25, -0.2) is 4.79 Å². The number of rotatable bonds is 4. The molecule has 2 aliphatic rings. The normalized spacial score (nSPS) is 17.1. The maximum atomic E-state index is 14.6. The van der Waals surface area contributed by atoms with Crippen LogP contribution in [0.15, 0.2) is 46.6 Å². The van der Waals surface area contributed by atoms with Crippen molar-refractivity contribution in [3.05, 3.63) is 79.6 Å². The number of halogens is 3. The fraction of sp³-hybridized carbons (Fsp3) is 0.344. The number of hydrogen-bond acceptors (Lipinski definition) is 5. The highest BCUT2D eigenvalue weighted by molar-refractivity contribution is 6.42. The number of nitrogens with one attached hydrogen (secondary N) is 1. The van der Waals surface area contributed by atoms with Gasteiger partial charge in [0.25, 0.3) is 5.91 Å². The Labute approximate surface area is 258 Å². The molecule has 218 valence electrons. The van der Waals surface area contributed by atoms with Crippen LogP contribution in [0.4, 0.5) is 0 Å². The van der Waals surface area contributed by atoms with E-state index in [0.717, 1.165) is 48.0 Å². The number of carbonyl (C=O) groups is 2. The smallest absolute Gasteiger partial charge is 0.332 e. The van der Waals surface area contributed by atoms with Crippen LogP contribution in [0.5, 0.6) is 0 Å². The molecule has 2 aromatic carbocycles. The van der Waals surface area contributed by atoms with E-state index in [9.17, 15) is 14.7 Å². The first kappa shape index (κ1) is 29.0. The lowest BCUT2D eigenvalue weighted by Crippen LogP contribution is -2.27. The molecule has 0 spiro atoms. The predicted molar refractivity (Wildman–Crippen MR) is 166 cm³/mol. The van der Waals surface area contributed by atoms with E-state index in [0.29, 0.717) is 45.8 Å². The van der Waals surface area contributed by atoms with Crippen molar-refractivity contribution in [1.29, 1.82) is 0 Å². The number of aliphatic carboxylic acids is 1. The van der Waals surface area contributed by atoms with Crippen LogP contribution in [0.1, 0.15) is 73.2 Å². The summed E-state index contributed by atoms with van der Waals surface area (Å²) >= 11 is 19.4. The molecule has 0 bridgehead atoms. The number of hydrogen-bond donors (Lipinski definition) is 2. The van der Waals surface area contributed by atoms with Gasteiger partial charge in [-0.15, -0.1) is 0 Å². The van der Waals surface area contributed by atoms with E-state index < -0.39 is 11.4 Å². The van der Waals surface area contributed by atoms with Crippen molar-refractivity contribution in [1.82, 2.24) is 15.0 Å². The second kappa shape index (κ2) is 10.9. The number of benzene rings is 2. The highest BCUT2D eigenvalue weighted by Crippen LogP contribution is 2.45. The van der Waals surface area contributed by atoms with Crippen molar-refractivity contribution in [3.8, 4) is 11.3 Å². The number of carboxylic acids is 1. The molecule has 42 heavy (non-hydrogen) atoms. The number of aryl methyl sites for hydroxylation is 1. The van der Waals surface area contributed by atoms with E-state index in [-0.39, 0.29) is 27.6 Å². The van der Waals surface area contributed by atoms with Crippen LogP contribution in [-0.2, 0) is 11.2 Å². The third-order valence-electron chi connectivity index (χ3n) is 8.25. The minimum atomic E-state index is -0.925. The van der Waals surface area contributed by atoms with Gasteiger partial charge >= 0.3 is 5.97 Å². The molecule has 1 fully saturated rings. The average Bonchev–Trinajstić information content (AvgIpc) is 3.52. The Hall–Kier alpha value is -3.10. The minimum absolute atomic E-state index is 0.0108. The number of piperidine rings is 1. The van der Waals surface area contributed by atoms with Crippen LogP contribution in [0.25, 0.3) is 27.7 Å². The molecule has 1 aliphatic heterocycles. The zero-order valence-electron chi connectivity index (χ0n) is 23.5. The minimum Gasteiger partial charge on any atom is -0.478 e. The number of allylic oxidation sites excluding steroid dienone is 1. The summed E-state index contributed by atoms with van der Waals surface area (Å²) in [5.41, 5.74) is 4.14. The fourth-order valence-corrected chi connectivity index (χ4v) is 7.46. The highest BCUT2D eigenvalue weighted by Gasteiger charge is 2.35. The standard InChI is InChI=1S/C32H30Cl3N3O4/c1-32(2,3)27(31(40)41)20-8-7-17-15-38(23-6-4-5-19(20)24(17)23)30(39)26-28(25-21(34)13-18(33)14-22(25)35)37-42-29(26)16-9-11-36-12-10-16/h4-6,13-16,36H,7-12H2,1-3H3,(H,40,41)/b27-20-. The summed E-state index contributed by atoms with van der Waals surface area (Å²) in [5.74, 6) is -0.735. The summed E-state index contributed by atoms with van der Waals surface area (Å²) in [6, 6.07) is 8.84. The SMILES string of the molecule is CC(C)(C)/C(C(=O)O)=C1/CCc2cn(C(=O)c3c(-c4c(Cl)cc(Cl)cc4Cl)noc3C3CCNCC3)c3cccc1c23. The molecule has 2 N–H and O–H groups in total. The lowest BCUT2D eigenvalue weighted by molar-refractivity contribution is -0.133. The third-order valence-corrected chi connectivity index (χ3v) is 9.06. The van der Waals surface area contributed by atoms with Crippen molar-refractivity contribution < 1.29 is 19.2 Å². The second-order valence-corrected chi connectivity index (χ2v) is 13.2. The molecule has 3 heterocycles. The van der Waals surface area contributed by atoms with Gasteiger partial charge in [0.1, 0.15) is 11.3 Å². The van der Waals surface area contributed by atoms with Crippen LogP contribution in [-0.4, -0.2) is 39.8 Å². The Balaban J connectivity index is 1.57. The van der Waals surface area contributed by atoms with E-state index in [1.807, 2.05) is 45.2 Å². The zero-order valence-corrected chi connectivity index (χ0v) is 25.8. The monoisotopic (exact) mass is 625 g/mol. The number of aromatic nitrogens is 2. The Morgan fingerprint density at radius 2 is 1.76 bits per heavy atom. The molecule has 4 aromatic rings. The molecule has 10 heteroatoms. The molecular formula is C32H30Cl3N3O4. The van der Waals surface area contributed by atoms with E-state index in [2.05, 4.69) is 10.5 Å². The lowest BCUT2D eigenvalue weighted by Gasteiger charge is -2.26. The van der Waals surface area contributed by atoms with Gasteiger partial charge in [0, 0.05) is 33.7 Å². The first-order valence-electron chi connectivity index (χ1n) is 14.0. The van der Waals surface area contributed by atoms with Gasteiger partial charge in [-0.1, -0.05) is 72.9 Å². The van der Waals surface area contributed by atoms with E-state index in [1.165, 1.54) is 0 Å². The summed E-state index contributed by atoms with van der Waals surface area (Å²) in [6.07, 6.45) is 4.62. The molecule has 1 aliphatic carbocycles. The highest BCUT2D eigenvalue weighted by atomic mass is 35.5. The molecule has 6 rings (SSSR count). The van der Waals surface area contributed by atoms with Crippen molar-refractivity contribution in [3.63, 3.8) is 0 Å². The maximum absolute atomic E-state index is 14.6. The topological polar surface area (TPSA) is 97.4 Å². The van der Waals surface area contributed by atoms with Gasteiger partial charge in [0.05, 0.1) is 15.6 Å².